The molecule has 3 heterocycles. The van der Waals surface area contributed by atoms with E-state index in [0.29, 0.717) is 22.5 Å². The van der Waals surface area contributed by atoms with E-state index in [0.717, 1.165) is 37.1 Å². The number of amides is 2. The van der Waals surface area contributed by atoms with Crippen LogP contribution in [0.4, 0.5) is 5.82 Å². The number of rotatable bonds is 3. The van der Waals surface area contributed by atoms with Crippen LogP contribution in [0.15, 0.2) is 58.1 Å². The Kier molecular flexibility index (Phi) is 6.92. The number of anilines is 1. The average molecular weight is 472 g/mol. The van der Waals surface area contributed by atoms with Crippen LogP contribution in [0.5, 0.6) is 0 Å². The second-order valence-corrected chi connectivity index (χ2v) is 8.53. The summed E-state index contributed by atoms with van der Waals surface area (Å²) < 4.78 is 1.54. The molecule has 0 saturated carbocycles. The summed E-state index contributed by atoms with van der Waals surface area (Å²) in [6.45, 7) is 3.83. The molecular formula is C26H25N5O4. The second-order valence-electron chi connectivity index (χ2n) is 8.53. The Bertz CT molecular complexity index is 1440. The molecule has 2 N–H and O–H groups in total. The van der Waals surface area contributed by atoms with Gasteiger partial charge in [-0.15, -0.1) is 0 Å². The number of aromatic nitrogens is 2. The molecule has 5 rings (SSSR count). The molecule has 1 fully saturated rings. The van der Waals surface area contributed by atoms with Crippen LogP contribution in [-0.2, 0) is 6.54 Å². The number of aryl methyl sites for hydroxylation is 1. The van der Waals surface area contributed by atoms with E-state index in [1.165, 1.54) is 12.5 Å². The smallest absolute Gasteiger partial charge is 0.330 e. The lowest BCUT2D eigenvalue weighted by molar-refractivity contribution is 0.0879. The number of carbonyl (C=O) groups excluding carboxylic acids is 2. The molecule has 1 saturated heterocycles. The number of aromatic amines is 1. The van der Waals surface area contributed by atoms with Crippen LogP contribution >= 0.6 is 0 Å². The van der Waals surface area contributed by atoms with Gasteiger partial charge in [-0.05, 0) is 49.9 Å². The first-order valence-corrected chi connectivity index (χ1v) is 11.4. The van der Waals surface area contributed by atoms with Gasteiger partial charge in [0, 0.05) is 19.2 Å². The van der Waals surface area contributed by atoms with Crippen molar-refractivity contribution in [3.63, 3.8) is 0 Å². The monoisotopic (exact) mass is 471 g/mol. The molecule has 0 bridgehead atoms. The second kappa shape index (κ2) is 10.2. The van der Waals surface area contributed by atoms with Crippen LogP contribution in [0.25, 0.3) is 0 Å². The Morgan fingerprint density at radius 2 is 1.63 bits per heavy atom. The number of carbonyl (C=O) groups is 2. The Labute approximate surface area is 201 Å². The van der Waals surface area contributed by atoms with Gasteiger partial charge in [0.2, 0.25) is 0 Å². The maximum Gasteiger partial charge on any atom is 0.330 e. The van der Waals surface area contributed by atoms with Crippen molar-refractivity contribution < 1.29 is 9.59 Å². The van der Waals surface area contributed by atoms with E-state index in [-0.39, 0.29) is 23.9 Å². The molecule has 178 valence electrons. The highest BCUT2D eigenvalue weighted by Crippen LogP contribution is 2.19. The summed E-state index contributed by atoms with van der Waals surface area (Å²) in [5.74, 6) is 0.0416. The lowest BCUT2D eigenvalue weighted by Crippen LogP contribution is -2.39. The van der Waals surface area contributed by atoms with Crippen LogP contribution in [0.1, 0.15) is 56.7 Å². The highest BCUT2D eigenvalue weighted by Gasteiger charge is 2.25. The van der Waals surface area contributed by atoms with Gasteiger partial charge in [0.05, 0.1) is 29.3 Å². The summed E-state index contributed by atoms with van der Waals surface area (Å²) in [7, 11) is 0. The van der Waals surface area contributed by atoms with E-state index in [1.54, 1.807) is 28.8 Å². The van der Waals surface area contributed by atoms with E-state index >= 15 is 0 Å². The number of nitriles is 1. The predicted molar refractivity (Wildman–Crippen MR) is 131 cm³/mol. The van der Waals surface area contributed by atoms with E-state index < -0.39 is 5.69 Å². The van der Waals surface area contributed by atoms with Crippen LogP contribution in [0.3, 0.4) is 0 Å². The van der Waals surface area contributed by atoms with E-state index in [1.807, 2.05) is 25.1 Å². The molecule has 2 amide bonds. The largest absolute Gasteiger partial charge is 0.358 e. The Hall–Kier alpha value is -4.45. The fraction of sp³-hybridized carbons (Fsp3) is 0.269. The molecule has 0 unspecified atom stereocenters. The Balaban J connectivity index is 0.000000201. The minimum Gasteiger partial charge on any atom is -0.358 e. The molecule has 3 aromatic rings. The first-order chi connectivity index (χ1) is 16.9. The standard InChI is InChI=1S/C17H18N4O2.C9H7NO2/c18-11-13-6-2-3-7-14(13)12-21-16(10-15(22)19-17(21)23)20-8-4-1-5-9-20;1-5-2-3-6-7(4-5)9(12)10-8(6)11/h2-3,6-7,10H,1,4-5,8-9,12H2,(H,19,22,23);2-4H,1H3,(H,10,11,12). The Morgan fingerprint density at radius 1 is 0.914 bits per heavy atom. The van der Waals surface area contributed by atoms with Crippen molar-refractivity contribution >= 4 is 17.6 Å². The quantitative estimate of drug-likeness (QED) is 0.564. The number of benzene rings is 2. The highest BCUT2D eigenvalue weighted by molar-refractivity contribution is 6.21. The number of piperidine rings is 1. The minimum absolute atomic E-state index is 0.269. The maximum atomic E-state index is 12.3. The summed E-state index contributed by atoms with van der Waals surface area (Å²) in [6, 6.07) is 16.0. The van der Waals surface area contributed by atoms with Crippen molar-refractivity contribution in [2.75, 3.05) is 18.0 Å². The third-order valence-corrected chi connectivity index (χ3v) is 6.05. The first-order valence-electron chi connectivity index (χ1n) is 11.4. The van der Waals surface area contributed by atoms with Gasteiger partial charge in [-0.1, -0.05) is 29.8 Å². The van der Waals surface area contributed by atoms with Crippen molar-refractivity contribution in [1.29, 1.82) is 5.26 Å². The lowest BCUT2D eigenvalue weighted by Gasteiger charge is -2.30. The molecule has 0 aliphatic carbocycles. The van der Waals surface area contributed by atoms with Crippen molar-refractivity contribution in [2.24, 2.45) is 0 Å². The fourth-order valence-corrected chi connectivity index (χ4v) is 4.27. The van der Waals surface area contributed by atoms with E-state index in [2.05, 4.69) is 21.3 Å². The van der Waals surface area contributed by atoms with Crippen molar-refractivity contribution in [2.45, 2.75) is 32.7 Å². The van der Waals surface area contributed by atoms with Crippen molar-refractivity contribution in [3.05, 3.63) is 97.2 Å². The molecule has 9 nitrogen and oxygen atoms in total. The van der Waals surface area contributed by atoms with Crippen LogP contribution in [0.2, 0.25) is 0 Å². The van der Waals surface area contributed by atoms with Gasteiger partial charge < -0.3 is 4.90 Å². The van der Waals surface area contributed by atoms with Gasteiger partial charge in [0.25, 0.3) is 17.4 Å². The topological polar surface area (TPSA) is 128 Å². The van der Waals surface area contributed by atoms with Gasteiger partial charge >= 0.3 is 5.69 Å². The predicted octanol–water partition coefficient (Wildman–Crippen LogP) is 2.33. The SMILES string of the molecule is Cc1ccc2c(c1)C(=O)NC2=O.N#Cc1ccccc1Cn1c(N2CCCCC2)cc(=O)[nH]c1=O. The molecule has 2 aliphatic heterocycles. The van der Waals surface area contributed by atoms with Crippen LogP contribution in [-0.4, -0.2) is 34.5 Å². The third-order valence-electron chi connectivity index (χ3n) is 6.05. The first kappa shape index (κ1) is 23.7. The summed E-state index contributed by atoms with van der Waals surface area (Å²) in [4.78, 5) is 50.6. The van der Waals surface area contributed by atoms with Crippen molar-refractivity contribution in [3.8, 4) is 6.07 Å². The molecule has 1 aromatic heterocycles. The average Bonchev–Trinajstić information content (AvgIpc) is 3.14. The van der Waals surface area contributed by atoms with Crippen LogP contribution < -0.4 is 21.5 Å². The van der Waals surface area contributed by atoms with Gasteiger partial charge in [-0.25, -0.2) is 4.79 Å². The van der Waals surface area contributed by atoms with Crippen molar-refractivity contribution in [1.82, 2.24) is 14.9 Å². The number of fused-ring (bicyclic) bond motifs is 1. The van der Waals surface area contributed by atoms with E-state index in [9.17, 15) is 24.4 Å². The summed E-state index contributed by atoms with van der Waals surface area (Å²) in [5, 5.41) is 11.5. The van der Waals surface area contributed by atoms with Gasteiger partial charge in [0.15, 0.2) is 0 Å². The lowest BCUT2D eigenvalue weighted by atomic mass is 10.1. The molecule has 0 atom stereocenters. The number of H-pyrrole nitrogens is 1. The maximum absolute atomic E-state index is 12.3. The molecule has 0 spiro atoms. The molecule has 9 heteroatoms. The summed E-state index contributed by atoms with van der Waals surface area (Å²) in [6.07, 6.45) is 3.27. The molecular weight excluding hydrogens is 446 g/mol. The van der Waals surface area contributed by atoms with Gasteiger partial charge in [-0.2, -0.15) is 5.26 Å². The molecule has 0 radical (unpaired) electrons. The normalized spacial score (nSPS) is 14.5. The third kappa shape index (κ3) is 5.22. The number of hydrogen-bond donors (Lipinski definition) is 2. The zero-order valence-electron chi connectivity index (χ0n) is 19.3. The molecule has 2 aliphatic rings. The van der Waals surface area contributed by atoms with Gasteiger partial charge in [0.1, 0.15) is 5.82 Å². The fourth-order valence-electron chi connectivity index (χ4n) is 4.27. The highest BCUT2D eigenvalue weighted by atomic mass is 16.2. The molecule has 2 aromatic carbocycles. The zero-order chi connectivity index (χ0) is 24.9. The number of imide groups is 1. The number of hydrogen-bond acceptors (Lipinski definition) is 6. The number of nitrogens with zero attached hydrogens (tertiary/aromatic N) is 3. The van der Waals surface area contributed by atoms with Gasteiger partial charge in [-0.3, -0.25) is 29.3 Å². The molecule has 35 heavy (non-hydrogen) atoms. The summed E-state index contributed by atoms with van der Waals surface area (Å²) in [5.41, 5.74) is 2.42. The minimum atomic E-state index is -0.439. The number of nitrogens with one attached hydrogen (secondary N) is 2. The summed E-state index contributed by atoms with van der Waals surface area (Å²) >= 11 is 0. The Morgan fingerprint density at radius 3 is 2.37 bits per heavy atom. The van der Waals surface area contributed by atoms with E-state index in [4.69, 9.17) is 0 Å². The zero-order valence-corrected chi connectivity index (χ0v) is 19.3. The van der Waals surface area contributed by atoms with Crippen LogP contribution in [0, 0.1) is 18.3 Å².